The molecule has 1 aromatic carbocycles. The maximum atomic E-state index is 5.34. The summed E-state index contributed by atoms with van der Waals surface area (Å²) in [5.41, 5.74) is 3.47. The van der Waals surface area contributed by atoms with Gasteiger partial charge in [0, 0.05) is 5.56 Å². The van der Waals surface area contributed by atoms with Gasteiger partial charge in [0.05, 0.1) is 7.11 Å². The third-order valence-electron chi connectivity index (χ3n) is 2.46. The lowest BCUT2D eigenvalue weighted by atomic mass is 10.1. The molecule has 0 atom stereocenters. The molecule has 0 saturated heterocycles. The summed E-state index contributed by atoms with van der Waals surface area (Å²) in [6, 6.07) is 6.21. The predicted molar refractivity (Wildman–Crippen MR) is 70.8 cm³/mol. The molecule has 1 aromatic rings. The Morgan fingerprint density at radius 1 is 1.44 bits per heavy atom. The second-order valence-corrected chi connectivity index (χ2v) is 3.99. The average Bonchev–Trinajstić information content (AvgIpc) is 2.27. The molecule has 0 amide bonds. The van der Waals surface area contributed by atoms with Crippen LogP contribution in [0.5, 0.6) is 5.75 Å². The molecule has 1 nitrogen and oxygen atoms in total. The average molecular weight is 216 g/mol. The first-order valence-electron chi connectivity index (χ1n) is 5.68. The van der Waals surface area contributed by atoms with E-state index in [-0.39, 0.29) is 0 Å². The summed E-state index contributed by atoms with van der Waals surface area (Å²) in [7, 11) is 1.70. The van der Waals surface area contributed by atoms with Crippen LogP contribution in [0.1, 0.15) is 30.9 Å². The van der Waals surface area contributed by atoms with E-state index in [2.05, 4.69) is 44.7 Å². The Hall–Kier alpha value is -1.50. The Kier molecular flexibility index (Phi) is 4.84. The third kappa shape index (κ3) is 3.58. The van der Waals surface area contributed by atoms with E-state index in [1.165, 1.54) is 5.56 Å². The maximum Gasteiger partial charge on any atom is 0.126 e. The van der Waals surface area contributed by atoms with Crippen LogP contribution in [-0.2, 0) is 0 Å². The number of hydrogen-bond acceptors (Lipinski definition) is 1. The summed E-state index contributed by atoms with van der Waals surface area (Å²) in [5.74, 6) is 0.917. The van der Waals surface area contributed by atoms with Gasteiger partial charge in [0.25, 0.3) is 0 Å². The van der Waals surface area contributed by atoms with E-state index in [4.69, 9.17) is 4.74 Å². The van der Waals surface area contributed by atoms with Gasteiger partial charge in [0.1, 0.15) is 5.75 Å². The highest BCUT2D eigenvalue weighted by atomic mass is 16.5. The number of ether oxygens (including phenoxy) is 1. The van der Waals surface area contributed by atoms with Crippen molar-refractivity contribution in [3.05, 3.63) is 47.6 Å². The Morgan fingerprint density at radius 3 is 2.81 bits per heavy atom. The minimum absolute atomic E-state index is 0.917. The van der Waals surface area contributed by atoms with E-state index < -0.39 is 0 Å². The zero-order chi connectivity index (χ0) is 12.0. The van der Waals surface area contributed by atoms with Crippen LogP contribution in [0.2, 0.25) is 0 Å². The van der Waals surface area contributed by atoms with Crippen LogP contribution in [0.25, 0.3) is 6.08 Å². The lowest BCUT2D eigenvalue weighted by molar-refractivity contribution is 0.413. The van der Waals surface area contributed by atoms with Gasteiger partial charge >= 0.3 is 0 Å². The largest absolute Gasteiger partial charge is 0.496 e. The summed E-state index contributed by atoms with van der Waals surface area (Å²) < 4.78 is 5.34. The van der Waals surface area contributed by atoms with Gasteiger partial charge in [-0.05, 0) is 25.0 Å². The number of benzene rings is 1. The van der Waals surface area contributed by atoms with Gasteiger partial charge in [0.2, 0.25) is 0 Å². The molecule has 0 aromatic heterocycles. The topological polar surface area (TPSA) is 9.23 Å². The third-order valence-corrected chi connectivity index (χ3v) is 2.46. The van der Waals surface area contributed by atoms with E-state index in [0.717, 1.165) is 29.7 Å². The highest BCUT2D eigenvalue weighted by Gasteiger charge is 1.99. The van der Waals surface area contributed by atoms with Gasteiger partial charge in [-0.3, -0.25) is 0 Å². The van der Waals surface area contributed by atoms with Crippen molar-refractivity contribution in [3.8, 4) is 5.75 Å². The molecule has 0 spiro atoms. The molecule has 0 heterocycles. The predicted octanol–water partition coefficient (Wildman–Crippen LogP) is 4.37. The number of aryl methyl sites for hydroxylation is 1. The summed E-state index contributed by atoms with van der Waals surface area (Å²) in [4.78, 5) is 0. The molecule has 1 rings (SSSR count). The van der Waals surface area contributed by atoms with Crippen molar-refractivity contribution >= 4 is 6.08 Å². The molecule has 0 aliphatic rings. The van der Waals surface area contributed by atoms with E-state index in [1.54, 1.807) is 7.11 Å². The molecule has 16 heavy (non-hydrogen) atoms. The van der Waals surface area contributed by atoms with Gasteiger partial charge in [-0.2, -0.15) is 0 Å². The maximum absolute atomic E-state index is 5.34. The Labute approximate surface area is 98.5 Å². The highest BCUT2D eigenvalue weighted by molar-refractivity contribution is 5.60. The standard InChI is InChI=1S/C15H20O/c1-5-6-12(2)7-9-14-10-8-13(3)11-15(14)16-4/h7-11H,2,5-6H2,1,3-4H3/b9-7+. The summed E-state index contributed by atoms with van der Waals surface area (Å²) in [6.07, 6.45) is 6.31. The molecule has 0 fully saturated rings. The number of rotatable bonds is 5. The van der Waals surface area contributed by atoms with Crippen LogP contribution < -0.4 is 4.74 Å². The van der Waals surface area contributed by atoms with Gasteiger partial charge in [-0.1, -0.05) is 49.8 Å². The van der Waals surface area contributed by atoms with Gasteiger partial charge in [0.15, 0.2) is 0 Å². The molecule has 0 aliphatic heterocycles. The highest BCUT2D eigenvalue weighted by Crippen LogP contribution is 2.22. The fraction of sp³-hybridized carbons (Fsp3) is 0.333. The smallest absolute Gasteiger partial charge is 0.126 e. The molecule has 0 bridgehead atoms. The van der Waals surface area contributed by atoms with Crippen LogP contribution in [0, 0.1) is 6.92 Å². The second kappa shape index (κ2) is 6.16. The zero-order valence-corrected chi connectivity index (χ0v) is 10.4. The normalized spacial score (nSPS) is 10.7. The van der Waals surface area contributed by atoms with E-state index in [0.29, 0.717) is 0 Å². The first-order valence-corrected chi connectivity index (χ1v) is 5.68. The van der Waals surface area contributed by atoms with Crippen molar-refractivity contribution in [2.75, 3.05) is 7.11 Å². The second-order valence-electron chi connectivity index (χ2n) is 3.99. The van der Waals surface area contributed by atoms with Crippen LogP contribution in [0.15, 0.2) is 36.4 Å². The molecule has 0 aliphatic carbocycles. The summed E-state index contributed by atoms with van der Waals surface area (Å²) >= 11 is 0. The quantitative estimate of drug-likeness (QED) is 0.664. The van der Waals surface area contributed by atoms with Gasteiger partial charge in [-0.15, -0.1) is 0 Å². The number of hydrogen-bond donors (Lipinski definition) is 0. The van der Waals surface area contributed by atoms with Crippen molar-refractivity contribution in [2.45, 2.75) is 26.7 Å². The van der Waals surface area contributed by atoms with Crippen LogP contribution >= 0.6 is 0 Å². The van der Waals surface area contributed by atoms with E-state index in [9.17, 15) is 0 Å². The van der Waals surface area contributed by atoms with Crippen molar-refractivity contribution in [1.82, 2.24) is 0 Å². The van der Waals surface area contributed by atoms with Crippen LogP contribution in [0.3, 0.4) is 0 Å². The van der Waals surface area contributed by atoms with Crippen molar-refractivity contribution in [2.24, 2.45) is 0 Å². The van der Waals surface area contributed by atoms with Gasteiger partial charge in [-0.25, -0.2) is 0 Å². The molecular formula is C15H20O. The summed E-state index contributed by atoms with van der Waals surface area (Å²) in [6.45, 7) is 8.22. The van der Waals surface area contributed by atoms with Crippen LogP contribution in [-0.4, -0.2) is 7.11 Å². The van der Waals surface area contributed by atoms with Crippen LogP contribution in [0.4, 0.5) is 0 Å². The van der Waals surface area contributed by atoms with Crippen molar-refractivity contribution in [1.29, 1.82) is 0 Å². The molecule has 0 saturated carbocycles. The van der Waals surface area contributed by atoms with Crippen molar-refractivity contribution in [3.63, 3.8) is 0 Å². The Bertz CT molecular complexity index is 388. The lowest BCUT2D eigenvalue weighted by Crippen LogP contribution is -1.87. The molecule has 1 heteroatoms. The lowest BCUT2D eigenvalue weighted by Gasteiger charge is -2.05. The fourth-order valence-electron chi connectivity index (χ4n) is 1.57. The zero-order valence-electron chi connectivity index (χ0n) is 10.4. The molecule has 0 radical (unpaired) electrons. The fourth-order valence-corrected chi connectivity index (χ4v) is 1.57. The molecule has 86 valence electrons. The Balaban J connectivity index is 2.84. The minimum Gasteiger partial charge on any atom is -0.496 e. The SMILES string of the molecule is C=C(/C=C/c1ccc(C)cc1OC)CCC. The summed E-state index contributed by atoms with van der Waals surface area (Å²) in [5, 5.41) is 0. The Morgan fingerprint density at radius 2 is 2.19 bits per heavy atom. The molecular weight excluding hydrogens is 196 g/mol. The first-order chi connectivity index (χ1) is 7.67. The van der Waals surface area contributed by atoms with E-state index in [1.807, 2.05) is 6.07 Å². The number of allylic oxidation sites excluding steroid dienone is 2. The first kappa shape index (κ1) is 12.6. The molecule has 0 N–H and O–H groups in total. The molecule has 0 unspecified atom stereocenters. The number of methoxy groups -OCH3 is 1. The van der Waals surface area contributed by atoms with Crippen molar-refractivity contribution < 1.29 is 4.74 Å². The minimum atomic E-state index is 0.917. The monoisotopic (exact) mass is 216 g/mol. The van der Waals surface area contributed by atoms with E-state index >= 15 is 0 Å². The van der Waals surface area contributed by atoms with Gasteiger partial charge < -0.3 is 4.74 Å².